The Bertz CT molecular complexity index is 769. The number of amides is 2. The van der Waals surface area contributed by atoms with Crippen LogP contribution in [0.5, 0.6) is 5.75 Å². The van der Waals surface area contributed by atoms with Gasteiger partial charge in [-0.1, -0.05) is 12.1 Å². The summed E-state index contributed by atoms with van der Waals surface area (Å²) in [6, 6.07) is 12.6. The number of carbonyl (C=O) groups excluding carboxylic acids is 2. The van der Waals surface area contributed by atoms with Crippen molar-refractivity contribution in [1.82, 2.24) is 5.32 Å². The number of methoxy groups -OCH3 is 1. The molecule has 27 heavy (non-hydrogen) atoms. The summed E-state index contributed by atoms with van der Waals surface area (Å²) in [6.07, 6.45) is 0.744. The largest absolute Gasteiger partial charge is 0.484 e. The molecule has 0 atom stereocenters. The van der Waals surface area contributed by atoms with E-state index in [0.717, 1.165) is 17.5 Å². The van der Waals surface area contributed by atoms with Crippen LogP contribution in [0.2, 0.25) is 0 Å². The molecule has 2 N–H and O–H groups in total. The van der Waals surface area contributed by atoms with Crippen molar-refractivity contribution in [1.29, 1.82) is 0 Å². The second kappa shape index (κ2) is 10.3. The van der Waals surface area contributed by atoms with Gasteiger partial charge >= 0.3 is 0 Å². The predicted octanol–water partition coefficient (Wildman–Crippen LogP) is 3.09. The van der Waals surface area contributed by atoms with Crippen LogP contribution >= 0.6 is 0 Å². The maximum absolute atomic E-state index is 12.1. The molecule has 144 valence electrons. The van der Waals surface area contributed by atoms with Crippen molar-refractivity contribution in [2.75, 3.05) is 32.2 Å². The summed E-state index contributed by atoms with van der Waals surface area (Å²) < 4.78 is 10.5. The fraction of sp³-hybridized carbons (Fsp3) is 0.333. The lowest BCUT2D eigenvalue weighted by Gasteiger charge is -2.10. The summed E-state index contributed by atoms with van der Waals surface area (Å²) in [4.78, 5) is 24.3. The van der Waals surface area contributed by atoms with E-state index in [2.05, 4.69) is 10.6 Å². The van der Waals surface area contributed by atoms with Gasteiger partial charge in [-0.25, -0.2) is 0 Å². The molecule has 2 amide bonds. The van der Waals surface area contributed by atoms with Gasteiger partial charge in [-0.15, -0.1) is 0 Å². The van der Waals surface area contributed by atoms with Crippen LogP contribution in [0.15, 0.2) is 42.5 Å². The first kappa shape index (κ1) is 20.5. The van der Waals surface area contributed by atoms with E-state index >= 15 is 0 Å². The van der Waals surface area contributed by atoms with Gasteiger partial charge < -0.3 is 20.1 Å². The Labute approximate surface area is 159 Å². The van der Waals surface area contributed by atoms with Crippen LogP contribution in [0.4, 0.5) is 5.69 Å². The molecule has 0 aromatic heterocycles. The SMILES string of the molecule is COCCCNC(=O)c1cccc(NC(=O)COc2cc(C)cc(C)c2)c1. The minimum Gasteiger partial charge on any atom is -0.484 e. The van der Waals surface area contributed by atoms with Crippen LogP contribution < -0.4 is 15.4 Å². The Kier molecular flexibility index (Phi) is 7.82. The molecule has 0 spiro atoms. The first-order chi connectivity index (χ1) is 13.0. The van der Waals surface area contributed by atoms with Gasteiger partial charge in [0.1, 0.15) is 5.75 Å². The van der Waals surface area contributed by atoms with E-state index in [1.807, 2.05) is 32.0 Å². The molecule has 0 saturated heterocycles. The Morgan fingerprint density at radius 2 is 1.78 bits per heavy atom. The quantitative estimate of drug-likeness (QED) is 0.665. The molecule has 0 aliphatic rings. The van der Waals surface area contributed by atoms with Crippen molar-refractivity contribution in [3.63, 3.8) is 0 Å². The zero-order chi connectivity index (χ0) is 19.6. The highest BCUT2D eigenvalue weighted by Crippen LogP contribution is 2.16. The fourth-order valence-electron chi connectivity index (χ4n) is 2.62. The van der Waals surface area contributed by atoms with E-state index in [-0.39, 0.29) is 18.4 Å². The lowest BCUT2D eigenvalue weighted by molar-refractivity contribution is -0.118. The number of hydrogen-bond acceptors (Lipinski definition) is 4. The summed E-state index contributed by atoms with van der Waals surface area (Å²) >= 11 is 0. The summed E-state index contributed by atoms with van der Waals surface area (Å²) in [7, 11) is 1.62. The fourth-order valence-corrected chi connectivity index (χ4v) is 2.62. The number of hydrogen-bond donors (Lipinski definition) is 2. The minimum absolute atomic E-state index is 0.101. The monoisotopic (exact) mass is 370 g/mol. The molecule has 0 heterocycles. The molecule has 0 aliphatic carbocycles. The van der Waals surface area contributed by atoms with Crippen molar-refractivity contribution in [2.24, 2.45) is 0 Å². The predicted molar refractivity (Wildman–Crippen MR) is 105 cm³/mol. The number of nitrogens with one attached hydrogen (secondary N) is 2. The molecule has 0 aliphatic heterocycles. The highest BCUT2D eigenvalue weighted by Gasteiger charge is 2.08. The highest BCUT2D eigenvalue weighted by atomic mass is 16.5. The molecular formula is C21H26N2O4. The lowest BCUT2D eigenvalue weighted by atomic mass is 10.1. The molecule has 0 bridgehead atoms. The number of rotatable bonds is 9. The molecule has 6 heteroatoms. The molecule has 0 unspecified atom stereocenters. The van der Waals surface area contributed by atoms with Crippen LogP contribution in [0, 0.1) is 13.8 Å². The zero-order valence-electron chi connectivity index (χ0n) is 16.0. The molecule has 2 rings (SSSR count). The van der Waals surface area contributed by atoms with E-state index in [1.165, 1.54) is 0 Å². The summed E-state index contributed by atoms with van der Waals surface area (Å²) in [5.74, 6) is 0.187. The van der Waals surface area contributed by atoms with Gasteiger partial charge in [0, 0.05) is 31.5 Å². The van der Waals surface area contributed by atoms with E-state index in [1.54, 1.807) is 31.4 Å². The Balaban J connectivity index is 1.87. The Morgan fingerprint density at radius 3 is 2.48 bits per heavy atom. The Hall–Kier alpha value is -2.86. The number of benzene rings is 2. The third-order valence-corrected chi connectivity index (χ3v) is 3.78. The van der Waals surface area contributed by atoms with E-state index in [0.29, 0.717) is 30.2 Å². The van der Waals surface area contributed by atoms with E-state index < -0.39 is 0 Å². The maximum Gasteiger partial charge on any atom is 0.262 e. The van der Waals surface area contributed by atoms with Crippen molar-refractivity contribution >= 4 is 17.5 Å². The minimum atomic E-state index is -0.285. The number of anilines is 1. The number of ether oxygens (including phenoxy) is 2. The van der Waals surface area contributed by atoms with Crippen LogP contribution in [0.3, 0.4) is 0 Å². The van der Waals surface area contributed by atoms with Crippen molar-refractivity contribution < 1.29 is 19.1 Å². The molecular weight excluding hydrogens is 344 g/mol. The molecule has 2 aromatic rings. The van der Waals surface area contributed by atoms with Gasteiger partial charge in [0.15, 0.2) is 6.61 Å². The third-order valence-electron chi connectivity index (χ3n) is 3.78. The second-order valence-corrected chi connectivity index (χ2v) is 6.34. The molecule has 0 radical (unpaired) electrons. The number of carbonyl (C=O) groups is 2. The average molecular weight is 370 g/mol. The molecule has 0 fully saturated rings. The van der Waals surface area contributed by atoms with Crippen LogP contribution in [-0.4, -0.2) is 38.7 Å². The average Bonchev–Trinajstić information content (AvgIpc) is 2.63. The first-order valence-electron chi connectivity index (χ1n) is 8.86. The molecule has 0 saturated carbocycles. The molecule has 6 nitrogen and oxygen atoms in total. The summed E-state index contributed by atoms with van der Waals surface area (Å²) in [5.41, 5.74) is 3.19. The van der Waals surface area contributed by atoms with Gasteiger partial charge in [-0.2, -0.15) is 0 Å². The van der Waals surface area contributed by atoms with Crippen LogP contribution in [-0.2, 0) is 9.53 Å². The summed E-state index contributed by atoms with van der Waals surface area (Å²) in [6.45, 7) is 4.98. The lowest BCUT2D eigenvalue weighted by Crippen LogP contribution is -2.25. The van der Waals surface area contributed by atoms with Gasteiger partial charge in [0.05, 0.1) is 0 Å². The van der Waals surface area contributed by atoms with Gasteiger partial charge in [-0.3, -0.25) is 9.59 Å². The van der Waals surface area contributed by atoms with Crippen LogP contribution in [0.25, 0.3) is 0 Å². The third kappa shape index (κ3) is 7.11. The Morgan fingerprint density at radius 1 is 1.04 bits per heavy atom. The molecule has 2 aromatic carbocycles. The van der Waals surface area contributed by atoms with Crippen LogP contribution in [0.1, 0.15) is 27.9 Å². The van der Waals surface area contributed by atoms with E-state index in [9.17, 15) is 9.59 Å². The van der Waals surface area contributed by atoms with Gasteiger partial charge in [0.25, 0.3) is 11.8 Å². The maximum atomic E-state index is 12.1. The van der Waals surface area contributed by atoms with E-state index in [4.69, 9.17) is 9.47 Å². The standard InChI is InChI=1S/C21H26N2O4/c1-15-10-16(2)12-19(11-15)27-14-20(24)23-18-7-4-6-17(13-18)21(25)22-8-5-9-26-3/h4,6-7,10-13H,5,8-9,14H2,1-3H3,(H,22,25)(H,23,24). The topological polar surface area (TPSA) is 76.7 Å². The van der Waals surface area contributed by atoms with Gasteiger partial charge in [-0.05, 0) is 61.7 Å². The van der Waals surface area contributed by atoms with Crippen molar-refractivity contribution in [3.05, 3.63) is 59.2 Å². The zero-order valence-corrected chi connectivity index (χ0v) is 16.0. The summed E-state index contributed by atoms with van der Waals surface area (Å²) in [5, 5.41) is 5.56. The smallest absolute Gasteiger partial charge is 0.262 e. The number of aryl methyl sites for hydroxylation is 2. The normalized spacial score (nSPS) is 10.3. The van der Waals surface area contributed by atoms with Crippen molar-refractivity contribution in [3.8, 4) is 5.75 Å². The first-order valence-corrected chi connectivity index (χ1v) is 8.86. The highest BCUT2D eigenvalue weighted by molar-refractivity contribution is 5.97. The van der Waals surface area contributed by atoms with Crippen molar-refractivity contribution in [2.45, 2.75) is 20.3 Å². The second-order valence-electron chi connectivity index (χ2n) is 6.34. The van der Waals surface area contributed by atoms with Gasteiger partial charge in [0.2, 0.25) is 0 Å².